The lowest BCUT2D eigenvalue weighted by Crippen LogP contribution is -2.45. The first kappa shape index (κ1) is 18.7. The number of piperidine rings is 1. The van der Waals surface area contributed by atoms with Crippen LogP contribution < -0.4 is 0 Å². The Bertz CT molecular complexity index is 935. The van der Waals surface area contributed by atoms with Crippen LogP contribution in [-0.2, 0) is 12.8 Å². The number of amides is 1. The van der Waals surface area contributed by atoms with Crippen LogP contribution in [0.1, 0.15) is 47.5 Å². The molecule has 1 aromatic heterocycles. The summed E-state index contributed by atoms with van der Waals surface area (Å²) in [5, 5.41) is 9.58. The standard InChI is InChI=1S/C23H26N2O3/c26-16-19-10-4-5-14-25(19)23(27)18-12-13-21-20(15-18)24-22(28-21)11-6-9-17-7-2-1-3-8-17/h1-3,7-8,12-13,15,19,26H,4-6,9-11,14,16H2/t19-/m1/s1. The van der Waals surface area contributed by atoms with Gasteiger partial charge in [-0.3, -0.25) is 4.79 Å². The predicted molar refractivity (Wildman–Crippen MR) is 108 cm³/mol. The first-order valence-electron chi connectivity index (χ1n) is 10.1. The minimum atomic E-state index is -0.0807. The Morgan fingerprint density at radius 3 is 2.82 bits per heavy atom. The number of aromatic nitrogens is 1. The number of hydrogen-bond donors (Lipinski definition) is 1. The van der Waals surface area contributed by atoms with Gasteiger partial charge in [-0.25, -0.2) is 4.98 Å². The number of carbonyl (C=O) groups excluding carboxylic acids is 1. The number of benzene rings is 2. The van der Waals surface area contributed by atoms with Gasteiger partial charge in [0.1, 0.15) is 5.52 Å². The summed E-state index contributed by atoms with van der Waals surface area (Å²) < 4.78 is 5.85. The van der Waals surface area contributed by atoms with Crippen molar-refractivity contribution in [3.63, 3.8) is 0 Å². The average molecular weight is 378 g/mol. The second kappa shape index (κ2) is 8.57. The zero-order valence-electron chi connectivity index (χ0n) is 16.0. The molecular formula is C23H26N2O3. The maximum absolute atomic E-state index is 12.9. The Morgan fingerprint density at radius 1 is 1.14 bits per heavy atom. The van der Waals surface area contributed by atoms with E-state index in [0.717, 1.165) is 44.0 Å². The van der Waals surface area contributed by atoms with Crippen LogP contribution in [0, 0.1) is 0 Å². The molecule has 0 saturated carbocycles. The Morgan fingerprint density at radius 2 is 2.00 bits per heavy atom. The summed E-state index contributed by atoms with van der Waals surface area (Å²) in [6, 6.07) is 15.7. The maximum atomic E-state index is 12.9. The molecule has 0 radical (unpaired) electrons. The van der Waals surface area contributed by atoms with Gasteiger partial charge in [0, 0.05) is 18.5 Å². The van der Waals surface area contributed by atoms with E-state index in [1.54, 1.807) is 11.0 Å². The van der Waals surface area contributed by atoms with Gasteiger partial charge < -0.3 is 14.4 Å². The number of nitrogens with zero attached hydrogens (tertiary/aromatic N) is 2. The highest BCUT2D eigenvalue weighted by Gasteiger charge is 2.27. The molecule has 1 aliphatic heterocycles. The van der Waals surface area contributed by atoms with E-state index in [1.165, 1.54) is 5.56 Å². The van der Waals surface area contributed by atoms with Crippen molar-refractivity contribution in [2.24, 2.45) is 0 Å². The zero-order valence-corrected chi connectivity index (χ0v) is 16.0. The Labute approximate surface area is 165 Å². The third-order valence-electron chi connectivity index (χ3n) is 5.48. The topological polar surface area (TPSA) is 66.6 Å². The Balaban J connectivity index is 1.44. The van der Waals surface area contributed by atoms with E-state index < -0.39 is 0 Å². The first-order valence-corrected chi connectivity index (χ1v) is 10.1. The largest absolute Gasteiger partial charge is 0.441 e. The van der Waals surface area contributed by atoms with Gasteiger partial charge in [-0.05, 0) is 55.9 Å². The van der Waals surface area contributed by atoms with Crippen molar-refractivity contribution >= 4 is 17.0 Å². The highest BCUT2D eigenvalue weighted by Crippen LogP contribution is 2.23. The van der Waals surface area contributed by atoms with Crippen molar-refractivity contribution in [2.45, 2.75) is 44.6 Å². The number of likely N-dealkylation sites (tertiary alicyclic amines) is 1. The molecule has 0 aliphatic carbocycles. The lowest BCUT2D eigenvalue weighted by molar-refractivity contribution is 0.0503. The van der Waals surface area contributed by atoms with Crippen LogP contribution in [0.4, 0.5) is 0 Å². The number of hydrogen-bond acceptors (Lipinski definition) is 4. The van der Waals surface area contributed by atoms with E-state index in [1.807, 2.05) is 18.2 Å². The summed E-state index contributed by atoms with van der Waals surface area (Å²) in [5.41, 5.74) is 3.35. The van der Waals surface area contributed by atoms with Crippen molar-refractivity contribution in [2.75, 3.05) is 13.2 Å². The van der Waals surface area contributed by atoms with Gasteiger partial charge in [-0.2, -0.15) is 0 Å². The lowest BCUT2D eigenvalue weighted by atomic mass is 10.0. The summed E-state index contributed by atoms with van der Waals surface area (Å²) in [7, 11) is 0. The van der Waals surface area contributed by atoms with Crippen LogP contribution in [0.25, 0.3) is 11.1 Å². The highest BCUT2D eigenvalue weighted by atomic mass is 16.3. The molecule has 28 heavy (non-hydrogen) atoms. The third kappa shape index (κ3) is 4.09. The molecule has 0 unspecified atom stereocenters. The fraction of sp³-hybridized carbons (Fsp3) is 0.391. The van der Waals surface area contributed by atoms with Gasteiger partial charge in [0.05, 0.1) is 12.6 Å². The van der Waals surface area contributed by atoms with Crippen LogP contribution in [0.3, 0.4) is 0 Å². The van der Waals surface area contributed by atoms with Crippen LogP contribution in [0.5, 0.6) is 0 Å². The molecule has 3 aromatic rings. The number of carbonyl (C=O) groups is 1. The van der Waals surface area contributed by atoms with E-state index >= 15 is 0 Å². The predicted octanol–water partition coefficient (Wildman–Crippen LogP) is 3.99. The van der Waals surface area contributed by atoms with Crippen LogP contribution >= 0.6 is 0 Å². The monoisotopic (exact) mass is 378 g/mol. The number of oxazole rings is 1. The lowest BCUT2D eigenvalue weighted by Gasteiger charge is -2.34. The second-order valence-electron chi connectivity index (χ2n) is 7.46. The maximum Gasteiger partial charge on any atom is 0.254 e. The van der Waals surface area contributed by atoms with Crippen molar-refractivity contribution in [3.8, 4) is 0 Å². The van der Waals surface area contributed by atoms with E-state index in [0.29, 0.717) is 23.6 Å². The van der Waals surface area contributed by atoms with Crippen LogP contribution in [0.15, 0.2) is 52.9 Å². The molecule has 146 valence electrons. The van der Waals surface area contributed by atoms with E-state index in [4.69, 9.17) is 4.42 Å². The minimum Gasteiger partial charge on any atom is -0.441 e. The molecule has 1 aliphatic rings. The fourth-order valence-electron chi connectivity index (χ4n) is 3.93. The average Bonchev–Trinajstić information content (AvgIpc) is 3.16. The minimum absolute atomic E-state index is 0.0174. The van der Waals surface area contributed by atoms with Gasteiger partial charge in [0.15, 0.2) is 11.5 Å². The third-order valence-corrected chi connectivity index (χ3v) is 5.48. The summed E-state index contributed by atoms with van der Waals surface area (Å²) in [4.78, 5) is 19.3. The van der Waals surface area contributed by atoms with Gasteiger partial charge >= 0.3 is 0 Å². The summed E-state index contributed by atoms with van der Waals surface area (Å²) in [6.07, 6.45) is 5.63. The molecule has 2 heterocycles. The molecular weight excluding hydrogens is 352 g/mol. The van der Waals surface area contributed by atoms with Crippen molar-refractivity contribution in [1.82, 2.24) is 9.88 Å². The number of aliphatic hydroxyl groups excluding tert-OH is 1. The molecule has 5 nitrogen and oxygen atoms in total. The van der Waals surface area contributed by atoms with Gasteiger partial charge in [-0.15, -0.1) is 0 Å². The smallest absolute Gasteiger partial charge is 0.254 e. The van der Waals surface area contributed by atoms with Crippen LogP contribution in [-0.4, -0.2) is 40.1 Å². The Hall–Kier alpha value is -2.66. The Kier molecular flexibility index (Phi) is 5.72. The molecule has 0 spiro atoms. The summed E-state index contributed by atoms with van der Waals surface area (Å²) in [6.45, 7) is 0.717. The molecule has 1 amide bonds. The molecule has 1 atom stereocenters. The normalized spacial score (nSPS) is 17.2. The second-order valence-corrected chi connectivity index (χ2v) is 7.46. The van der Waals surface area contributed by atoms with Gasteiger partial charge in [0.25, 0.3) is 5.91 Å². The molecule has 1 fully saturated rings. The molecule has 5 heteroatoms. The van der Waals surface area contributed by atoms with Crippen molar-refractivity contribution in [3.05, 3.63) is 65.5 Å². The molecule has 2 aromatic carbocycles. The van der Waals surface area contributed by atoms with Gasteiger partial charge in [0.2, 0.25) is 0 Å². The van der Waals surface area contributed by atoms with E-state index in [-0.39, 0.29) is 18.6 Å². The quantitative estimate of drug-likeness (QED) is 0.704. The number of rotatable bonds is 6. The van der Waals surface area contributed by atoms with E-state index in [9.17, 15) is 9.90 Å². The van der Waals surface area contributed by atoms with Crippen molar-refractivity contribution in [1.29, 1.82) is 0 Å². The molecule has 1 N–H and O–H groups in total. The van der Waals surface area contributed by atoms with E-state index in [2.05, 4.69) is 29.2 Å². The molecule has 4 rings (SSSR count). The molecule has 0 bridgehead atoms. The van der Waals surface area contributed by atoms with Gasteiger partial charge in [-0.1, -0.05) is 30.3 Å². The highest BCUT2D eigenvalue weighted by molar-refractivity contribution is 5.97. The molecule has 1 saturated heterocycles. The summed E-state index contributed by atoms with van der Waals surface area (Å²) in [5.74, 6) is 0.677. The number of aryl methyl sites for hydroxylation is 2. The first-order chi connectivity index (χ1) is 13.7. The van der Waals surface area contributed by atoms with Crippen LogP contribution in [0.2, 0.25) is 0 Å². The number of aliphatic hydroxyl groups is 1. The fourth-order valence-corrected chi connectivity index (χ4v) is 3.93. The summed E-state index contributed by atoms with van der Waals surface area (Å²) >= 11 is 0. The SMILES string of the molecule is O=C(c1ccc2oc(CCCc3ccccc3)nc2c1)N1CCCC[C@@H]1CO. The number of fused-ring (bicyclic) bond motifs is 1. The zero-order chi connectivity index (χ0) is 19.3. The van der Waals surface area contributed by atoms with Crippen molar-refractivity contribution < 1.29 is 14.3 Å².